The highest BCUT2D eigenvalue weighted by Crippen LogP contribution is 2.43. The number of nitrogens with zero attached hydrogens (tertiary/aromatic N) is 1. The van der Waals surface area contributed by atoms with Crippen LogP contribution in [0, 0.1) is 0 Å². The van der Waals surface area contributed by atoms with Crippen molar-refractivity contribution in [2.24, 2.45) is 0 Å². The van der Waals surface area contributed by atoms with E-state index in [2.05, 4.69) is 138 Å². The lowest BCUT2D eigenvalue weighted by Gasteiger charge is -2.10. The Labute approximate surface area is 296 Å². The Morgan fingerprint density at radius 3 is 1.62 bits per heavy atom. The molecule has 8 aromatic carbocycles. The first kappa shape index (κ1) is 27.7. The van der Waals surface area contributed by atoms with Crippen LogP contribution >= 0.6 is 0 Å². The van der Waals surface area contributed by atoms with Crippen LogP contribution in [0.25, 0.3) is 116 Å². The van der Waals surface area contributed by atoms with Gasteiger partial charge in [-0.1, -0.05) is 97.1 Å². The minimum Gasteiger partial charge on any atom is -0.456 e. The number of hydrogen-bond donors (Lipinski definition) is 0. The molecule has 0 aliphatic carbocycles. The molecule has 0 saturated heterocycles. The van der Waals surface area contributed by atoms with E-state index in [1.165, 1.54) is 0 Å². The molecule has 4 nitrogen and oxygen atoms in total. The van der Waals surface area contributed by atoms with Gasteiger partial charge >= 0.3 is 0 Å². The van der Waals surface area contributed by atoms with Crippen LogP contribution in [0.5, 0.6) is 0 Å². The zero-order chi connectivity index (χ0) is 33.9. The minimum absolute atomic E-state index is 0.892. The molecule has 0 N–H and O–H groups in total. The van der Waals surface area contributed by atoms with E-state index in [4.69, 9.17) is 13.3 Å². The Kier molecular flexibility index (Phi) is 5.47. The van der Waals surface area contributed by atoms with Gasteiger partial charge in [-0.25, -0.2) is 0 Å². The molecule has 4 heteroatoms. The van der Waals surface area contributed by atoms with Crippen molar-refractivity contribution >= 4 is 87.6 Å². The molecule has 0 aliphatic rings. The number of rotatable bonds is 3. The molecule has 4 heterocycles. The van der Waals surface area contributed by atoms with E-state index in [1.807, 2.05) is 30.3 Å². The quantitative estimate of drug-likeness (QED) is 0.189. The predicted molar refractivity (Wildman–Crippen MR) is 213 cm³/mol. The third kappa shape index (κ3) is 3.81. The molecule has 0 unspecified atom stereocenters. The summed E-state index contributed by atoms with van der Waals surface area (Å²) in [5.41, 5.74) is 13.2. The molecule has 12 rings (SSSR count). The summed E-state index contributed by atoms with van der Waals surface area (Å²) in [6.07, 6.45) is 0. The summed E-state index contributed by atoms with van der Waals surface area (Å²) in [5.74, 6) is 0. The van der Waals surface area contributed by atoms with Crippen LogP contribution in [-0.4, -0.2) is 4.57 Å². The van der Waals surface area contributed by atoms with Crippen molar-refractivity contribution in [3.63, 3.8) is 0 Å². The standard InChI is InChI=1S/C48H27NO3/c1-5-14-43-33(8-1)36-12-7-11-32(47(36)51-43)28-16-20-31(21-17-28)49-40-23-18-29(30-19-25-45-38(26-30)35-10-3-4-13-42(35)50-45)27-39(40)46-41(49)24-22-37-34-9-2-6-15-44(34)52-48(37)46/h1-27H. The first-order valence-electron chi connectivity index (χ1n) is 17.6. The minimum atomic E-state index is 0.892. The highest BCUT2D eigenvalue weighted by molar-refractivity contribution is 6.24. The van der Waals surface area contributed by atoms with Gasteiger partial charge in [0.25, 0.3) is 0 Å². The molecule has 0 aliphatic heterocycles. The maximum absolute atomic E-state index is 6.67. The number of fused-ring (bicyclic) bond motifs is 13. The van der Waals surface area contributed by atoms with Crippen molar-refractivity contribution in [2.45, 2.75) is 0 Å². The highest BCUT2D eigenvalue weighted by atomic mass is 16.3. The topological polar surface area (TPSA) is 44.4 Å². The molecule has 4 aromatic heterocycles. The third-order valence-electron chi connectivity index (χ3n) is 10.8. The van der Waals surface area contributed by atoms with Crippen LogP contribution in [0.3, 0.4) is 0 Å². The lowest BCUT2D eigenvalue weighted by molar-refractivity contribution is 0.669. The number of aromatic nitrogens is 1. The van der Waals surface area contributed by atoms with Crippen molar-refractivity contribution in [2.75, 3.05) is 0 Å². The van der Waals surface area contributed by atoms with Gasteiger partial charge in [0.15, 0.2) is 0 Å². The van der Waals surface area contributed by atoms with Crippen LogP contribution in [0.2, 0.25) is 0 Å². The average molecular weight is 666 g/mol. The SMILES string of the molecule is c1ccc2c(c1)oc1ccc(-c3ccc4c(c3)c3c5oc6ccccc6c5ccc3n4-c3ccc(-c4cccc5c4oc4ccccc45)cc3)cc12. The van der Waals surface area contributed by atoms with Gasteiger partial charge in [0.1, 0.15) is 33.5 Å². The van der Waals surface area contributed by atoms with Crippen molar-refractivity contribution in [1.29, 1.82) is 0 Å². The first-order chi connectivity index (χ1) is 25.8. The van der Waals surface area contributed by atoms with E-state index in [-0.39, 0.29) is 0 Å². The molecule has 0 saturated carbocycles. The molecule has 0 bridgehead atoms. The fraction of sp³-hybridized carbons (Fsp3) is 0. The largest absolute Gasteiger partial charge is 0.456 e. The molecule has 0 amide bonds. The summed E-state index contributed by atoms with van der Waals surface area (Å²) >= 11 is 0. The van der Waals surface area contributed by atoms with Crippen LogP contribution < -0.4 is 0 Å². The fourth-order valence-electron chi connectivity index (χ4n) is 8.41. The smallest absolute Gasteiger partial charge is 0.145 e. The molecule has 0 atom stereocenters. The van der Waals surface area contributed by atoms with Gasteiger partial charge < -0.3 is 17.8 Å². The van der Waals surface area contributed by atoms with Crippen LogP contribution in [0.4, 0.5) is 0 Å². The van der Waals surface area contributed by atoms with Crippen molar-refractivity contribution in [3.8, 4) is 27.9 Å². The van der Waals surface area contributed by atoms with Gasteiger partial charge in [0.2, 0.25) is 0 Å². The van der Waals surface area contributed by atoms with E-state index in [9.17, 15) is 0 Å². The lowest BCUT2D eigenvalue weighted by Crippen LogP contribution is -1.94. The van der Waals surface area contributed by atoms with Gasteiger partial charge in [0.05, 0.1) is 16.4 Å². The molecule has 242 valence electrons. The summed E-state index contributed by atoms with van der Waals surface area (Å²) in [4.78, 5) is 0. The van der Waals surface area contributed by atoms with Gasteiger partial charge in [-0.15, -0.1) is 0 Å². The Morgan fingerprint density at radius 1 is 0.327 bits per heavy atom. The predicted octanol–water partition coefficient (Wildman–Crippen LogP) is 13.8. The number of para-hydroxylation sites is 4. The molecule has 52 heavy (non-hydrogen) atoms. The van der Waals surface area contributed by atoms with Crippen molar-refractivity contribution < 1.29 is 13.3 Å². The summed E-state index contributed by atoms with van der Waals surface area (Å²) < 4.78 is 21.6. The Bertz CT molecular complexity index is 3410. The molecule has 12 aromatic rings. The number of furan rings is 3. The van der Waals surface area contributed by atoms with E-state index < -0.39 is 0 Å². The van der Waals surface area contributed by atoms with Crippen LogP contribution in [0.15, 0.2) is 177 Å². The van der Waals surface area contributed by atoms with E-state index in [0.29, 0.717) is 0 Å². The van der Waals surface area contributed by atoms with E-state index >= 15 is 0 Å². The second-order valence-electron chi connectivity index (χ2n) is 13.6. The fourth-order valence-corrected chi connectivity index (χ4v) is 8.41. The molecule has 0 spiro atoms. The van der Waals surface area contributed by atoms with Gasteiger partial charge in [0, 0.05) is 49.0 Å². The lowest BCUT2D eigenvalue weighted by atomic mass is 10.00. The second-order valence-corrected chi connectivity index (χ2v) is 13.6. The molecule has 0 fully saturated rings. The Morgan fingerprint density at radius 2 is 0.865 bits per heavy atom. The van der Waals surface area contributed by atoms with Crippen molar-refractivity contribution in [3.05, 3.63) is 164 Å². The van der Waals surface area contributed by atoms with Crippen LogP contribution in [0.1, 0.15) is 0 Å². The summed E-state index contributed by atoms with van der Waals surface area (Å²) in [7, 11) is 0. The summed E-state index contributed by atoms with van der Waals surface area (Å²) in [6.45, 7) is 0. The molecular weight excluding hydrogens is 639 g/mol. The maximum atomic E-state index is 6.67. The summed E-state index contributed by atoms with van der Waals surface area (Å²) in [5, 5.41) is 9.00. The molecular formula is C48H27NO3. The Hall–Kier alpha value is -7.04. The van der Waals surface area contributed by atoms with Gasteiger partial charge in [-0.2, -0.15) is 0 Å². The van der Waals surface area contributed by atoms with E-state index in [0.717, 1.165) is 116 Å². The van der Waals surface area contributed by atoms with Crippen LogP contribution in [-0.2, 0) is 0 Å². The third-order valence-corrected chi connectivity index (χ3v) is 10.8. The highest BCUT2D eigenvalue weighted by Gasteiger charge is 2.20. The zero-order valence-corrected chi connectivity index (χ0v) is 27.8. The maximum Gasteiger partial charge on any atom is 0.145 e. The Balaban J connectivity index is 1.08. The zero-order valence-electron chi connectivity index (χ0n) is 27.8. The number of benzene rings is 8. The normalized spacial score (nSPS) is 12.2. The second kappa shape index (κ2) is 10.3. The van der Waals surface area contributed by atoms with Gasteiger partial charge in [-0.3, -0.25) is 0 Å². The van der Waals surface area contributed by atoms with Crippen molar-refractivity contribution in [1.82, 2.24) is 4.57 Å². The van der Waals surface area contributed by atoms with E-state index in [1.54, 1.807) is 0 Å². The first-order valence-corrected chi connectivity index (χ1v) is 17.6. The average Bonchev–Trinajstić information content (AvgIpc) is 3.96. The summed E-state index contributed by atoms with van der Waals surface area (Å²) in [6, 6.07) is 57.7. The molecule has 0 radical (unpaired) electrons. The number of hydrogen-bond acceptors (Lipinski definition) is 3. The van der Waals surface area contributed by atoms with Gasteiger partial charge in [-0.05, 0) is 83.4 Å². The monoisotopic (exact) mass is 665 g/mol.